The number of carboxylic acid groups (broad SMARTS) is 1. The van der Waals surface area contributed by atoms with Gasteiger partial charge in [-0.05, 0) is 7.05 Å². The number of likely N-dealkylation sites (tertiary alicyclic amines) is 1. The van der Waals surface area contributed by atoms with E-state index in [0.29, 0.717) is 13.1 Å². The molecule has 0 radical (unpaired) electrons. The lowest BCUT2D eigenvalue weighted by atomic mass is 10.1. The highest BCUT2D eigenvalue weighted by Crippen LogP contribution is 2.17. The van der Waals surface area contributed by atoms with E-state index in [1.165, 1.54) is 0 Å². The molecule has 1 unspecified atom stereocenters. The molecule has 1 N–H and O–H groups in total. The average Bonchev–Trinajstić information content (AvgIpc) is 2.70. The van der Waals surface area contributed by atoms with Crippen molar-refractivity contribution in [2.24, 2.45) is 5.92 Å². The standard InChI is InChI=1S/C12H21N3O3/c1-13-2-4-14(5-3-13)6-7-15-9-10(12(17)18)8-11(15)16/h10H,2-9H2,1H3,(H,17,18). The average molecular weight is 255 g/mol. The molecule has 0 spiro atoms. The van der Waals surface area contributed by atoms with Crippen LogP contribution in [0.25, 0.3) is 0 Å². The van der Waals surface area contributed by atoms with E-state index in [9.17, 15) is 9.59 Å². The third-order valence-corrected chi connectivity index (χ3v) is 3.85. The largest absolute Gasteiger partial charge is 0.481 e. The third-order valence-electron chi connectivity index (χ3n) is 3.85. The maximum absolute atomic E-state index is 11.6. The zero-order valence-corrected chi connectivity index (χ0v) is 10.8. The van der Waals surface area contributed by atoms with Crippen molar-refractivity contribution in [2.45, 2.75) is 6.42 Å². The number of carboxylic acids is 1. The maximum atomic E-state index is 11.6. The van der Waals surface area contributed by atoms with Crippen molar-refractivity contribution in [3.05, 3.63) is 0 Å². The van der Waals surface area contributed by atoms with Crippen molar-refractivity contribution < 1.29 is 14.7 Å². The molecule has 0 saturated carbocycles. The molecule has 0 aromatic rings. The molecule has 2 aliphatic heterocycles. The van der Waals surface area contributed by atoms with Gasteiger partial charge in [0.2, 0.25) is 5.91 Å². The molecule has 6 heteroatoms. The lowest BCUT2D eigenvalue weighted by Gasteiger charge is -2.33. The second-order valence-corrected chi connectivity index (χ2v) is 5.22. The lowest BCUT2D eigenvalue weighted by Crippen LogP contribution is -2.47. The molecule has 2 aliphatic rings. The van der Waals surface area contributed by atoms with Crippen LogP contribution in [0.5, 0.6) is 0 Å². The normalized spacial score (nSPS) is 26.8. The molecular formula is C12H21N3O3. The van der Waals surface area contributed by atoms with Gasteiger partial charge in [0.25, 0.3) is 0 Å². The van der Waals surface area contributed by atoms with E-state index in [2.05, 4.69) is 16.8 Å². The first-order valence-electron chi connectivity index (χ1n) is 6.47. The van der Waals surface area contributed by atoms with Crippen molar-refractivity contribution in [2.75, 3.05) is 52.9 Å². The fourth-order valence-corrected chi connectivity index (χ4v) is 2.49. The van der Waals surface area contributed by atoms with Crippen LogP contribution in [0.4, 0.5) is 0 Å². The number of likely N-dealkylation sites (N-methyl/N-ethyl adjacent to an activating group) is 1. The number of piperazine rings is 1. The van der Waals surface area contributed by atoms with Crippen LogP contribution in [0.15, 0.2) is 0 Å². The summed E-state index contributed by atoms with van der Waals surface area (Å²) in [4.78, 5) is 28.8. The Hall–Kier alpha value is -1.14. The van der Waals surface area contributed by atoms with Gasteiger partial charge in [-0.2, -0.15) is 0 Å². The summed E-state index contributed by atoms with van der Waals surface area (Å²) in [5, 5.41) is 8.90. The zero-order valence-electron chi connectivity index (χ0n) is 10.8. The second kappa shape index (κ2) is 5.67. The summed E-state index contributed by atoms with van der Waals surface area (Å²) >= 11 is 0. The topological polar surface area (TPSA) is 64.1 Å². The molecule has 2 rings (SSSR count). The summed E-state index contributed by atoms with van der Waals surface area (Å²) in [6.07, 6.45) is 0.165. The number of rotatable bonds is 4. The van der Waals surface area contributed by atoms with Crippen LogP contribution in [-0.2, 0) is 9.59 Å². The number of carbonyl (C=O) groups excluding carboxylic acids is 1. The highest BCUT2D eigenvalue weighted by molar-refractivity contribution is 5.86. The van der Waals surface area contributed by atoms with E-state index in [4.69, 9.17) is 5.11 Å². The summed E-state index contributed by atoms with van der Waals surface area (Å²) in [5.74, 6) is -1.38. The Balaban J connectivity index is 1.74. The monoisotopic (exact) mass is 255 g/mol. The van der Waals surface area contributed by atoms with E-state index >= 15 is 0 Å². The molecule has 1 atom stereocenters. The Bertz CT molecular complexity index is 327. The fourth-order valence-electron chi connectivity index (χ4n) is 2.49. The van der Waals surface area contributed by atoms with Crippen LogP contribution in [0.3, 0.4) is 0 Å². The molecule has 1 amide bonds. The van der Waals surface area contributed by atoms with Crippen LogP contribution >= 0.6 is 0 Å². The van der Waals surface area contributed by atoms with Gasteiger partial charge in [-0.15, -0.1) is 0 Å². The Morgan fingerprint density at radius 2 is 1.94 bits per heavy atom. The van der Waals surface area contributed by atoms with Gasteiger partial charge in [0.05, 0.1) is 5.92 Å². The minimum atomic E-state index is -0.856. The van der Waals surface area contributed by atoms with Crippen molar-refractivity contribution in [1.82, 2.24) is 14.7 Å². The van der Waals surface area contributed by atoms with Gasteiger partial charge in [0.1, 0.15) is 0 Å². The van der Waals surface area contributed by atoms with E-state index < -0.39 is 11.9 Å². The molecule has 0 aliphatic carbocycles. The first kappa shape index (κ1) is 13.3. The van der Waals surface area contributed by atoms with Crippen LogP contribution in [0.1, 0.15) is 6.42 Å². The molecule has 0 aromatic heterocycles. The molecular weight excluding hydrogens is 234 g/mol. The molecule has 2 saturated heterocycles. The van der Waals surface area contributed by atoms with Crippen LogP contribution in [0.2, 0.25) is 0 Å². The molecule has 2 heterocycles. The highest BCUT2D eigenvalue weighted by Gasteiger charge is 2.34. The number of nitrogens with zero attached hydrogens (tertiary/aromatic N) is 3. The van der Waals surface area contributed by atoms with Crippen LogP contribution in [-0.4, -0.2) is 84.5 Å². The molecule has 2 fully saturated rings. The number of hydrogen-bond donors (Lipinski definition) is 1. The Labute approximate surface area is 107 Å². The Morgan fingerprint density at radius 3 is 2.50 bits per heavy atom. The van der Waals surface area contributed by atoms with E-state index in [1.807, 2.05) is 0 Å². The smallest absolute Gasteiger partial charge is 0.308 e. The van der Waals surface area contributed by atoms with Gasteiger partial charge in [-0.25, -0.2) is 0 Å². The first-order valence-corrected chi connectivity index (χ1v) is 6.47. The number of aliphatic carboxylic acids is 1. The fraction of sp³-hybridized carbons (Fsp3) is 0.833. The predicted molar refractivity (Wildman–Crippen MR) is 66.3 cm³/mol. The number of amides is 1. The van der Waals surface area contributed by atoms with Gasteiger partial charge in [0.15, 0.2) is 0 Å². The molecule has 102 valence electrons. The predicted octanol–water partition coefficient (Wildman–Crippen LogP) is -0.833. The van der Waals surface area contributed by atoms with Gasteiger partial charge in [-0.1, -0.05) is 0 Å². The van der Waals surface area contributed by atoms with E-state index in [1.54, 1.807) is 4.90 Å². The van der Waals surface area contributed by atoms with Crippen LogP contribution < -0.4 is 0 Å². The third kappa shape index (κ3) is 3.20. The van der Waals surface area contributed by atoms with Gasteiger partial charge >= 0.3 is 5.97 Å². The molecule has 6 nitrogen and oxygen atoms in total. The van der Waals surface area contributed by atoms with Crippen molar-refractivity contribution >= 4 is 11.9 Å². The Morgan fingerprint density at radius 1 is 1.28 bits per heavy atom. The SMILES string of the molecule is CN1CCN(CCN2CC(C(=O)O)CC2=O)CC1. The van der Waals surface area contributed by atoms with E-state index in [-0.39, 0.29) is 12.3 Å². The summed E-state index contributed by atoms with van der Waals surface area (Å²) in [7, 11) is 2.11. The number of hydrogen-bond acceptors (Lipinski definition) is 4. The number of carbonyl (C=O) groups is 2. The second-order valence-electron chi connectivity index (χ2n) is 5.22. The quantitative estimate of drug-likeness (QED) is 0.710. The minimum absolute atomic E-state index is 0.0171. The highest BCUT2D eigenvalue weighted by atomic mass is 16.4. The summed E-state index contributed by atoms with van der Waals surface area (Å²) in [5.41, 5.74) is 0. The van der Waals surface area contributed by atoms with E-state index in [0.717, 1.165) is 32.7 Å². The molecule has 0 bridgehead atoms. The van der Waals surface area contributed by atoms with Crippen molar-refractivity contribution in [3.8, 4) is 0 Å². The zero-order chi connectivity index (χ0) is 13.1. The summed E-state index contributed by atoms with van der Waals surface area (Å²) < 4.78 is 0. The van der Waals surface area contributed by atoms with Crippen LogP contribution in [0, 0.1) is 5.92 Å². The first-order chi connectivity index (χ1) is 8.56. The molecule has 18 heavy (non-hydrogen) atoms. The van der Waals surface area contributed by atoms with Crippen molar-refractivity contribution in [1.29, 1.82) is 0 Å². The van der Waals surface area contributed by atoms with Gasteiger partial charge in [-0.3, -0.25) is 14.5 Å². The van der Waals surface area contributed by atoms with Crippen molar-refractivity contribution in [3.63, 3.8) is 0 Å². The lowest BCUT2D eigenvalue weighted by molar-refractivity contribution is -0.141. The Kier molecular flexibility index (Phi) is 4.19. The van der Waals surface area contributed by atoms with Gasteiger partial charge < -0.3 is 14.9 Å². The van der Waals surface area contributed by atoms with Gasteiger partial charge in [0, 0.05) is 52.2 Å². The maximum Gasteiger partial charge on any atom is 0.308 e. The summed E-state index contributed by atoms with van der Waals surface area (Å²) in [6.45, 7) is 6.07. The molecule has 0 aromatic carbocycles. The minimum Gasteiger partial charge on any atom is -0.481 e. The summed E-state index contributed by atoms with van der Waals surface area (Å²) in [6, 6.07) is 0.